The zero-order valence-electron chi connectivity index (χ0n) is 11.1. The second kappa shape index (κ2) is 6.50. The van der Waals surface area contributed by atoms with Crippen molar-refractivity contribution in [3.8, 4) is 0 Å². The van der Waals surface area contributed by atoms with Gasteiger partial charge in [-0.1, -0.05) is 23.7 Å². The average molecular weight is 290 g/mol. The number of benzene rings is 1. The molecule has 0 spiro atoms. The van der Waals surface area contributed by atoms with E-state index in [1.807, 2.05) is 25.1 Å². The summed E-state index contributed by atoms with van der Waals surface area (Å²) in [6.45, 7) is 2.63. The Hall–Kier alpha value is -1.91. The number of nitrogens with one attached hydrogen (secondary N) is 1. The van der Waals surface area contributed by atoms with Crippen molar-refractivity contribution < 1.29 is 4.79 Å². The van der Waals surface area contributed by atoms with E-state index in [-0.39, 0.29) is 6.04 Å². The molecular weight excluding hydrogens is 274 g/mol. The molecule has 104 valence electrons. The molecule has 0 aliphatic carbocycles. The van der Waals surface area contributed by atoms with E-state index in [9.17, 15) is 4.79 Å². The number of nitrogens with zero attached hydrogens (tertiary/aromatic N) is 1. The first kappa shape index (κ1) is 14.5. The molecule has 0 radical (unpaired) electrons. The lowest BCUT2D eigenvalue weighted by molar-refractivity contribution is 0.100. The van der Waals surface area contributed by atoms with Crippen molar-refractivity contribution in [3.63, 3.8) is 0 Å². The minimum Gasteiger partial charge on any atom is -0.366 e. The lowest BCUT2D eigenvalue weighted by atomic mass is 10.1. The van der Waals surface area contributed by atoms with Gasteiger partial charge in [-0.15, -0.1) is 0 Å². The second-order valence-corrected chi connectivity index (χ2v) is 4.93. The van der Waals surface area contributed by atoms with Crippen LogP contribution >= 0.6 is 11.6 Å². The minimum absolute atomic E-state index is 0.114. The summed E-state index contributed by atoms with van der Waals surface area (Å²) in [5.74, 6) is -0.478. The number of carbonyl (C=O) groups is 1. The summed E-state index contributed by atoms with van der Waals surface area (Å²) in [5.41, 5.74) is 7.51. The summed E-state index contributed by atoms with van der Waals surface area (Å²) in [6, 6.07) is 11.0. The van der Waals surface area contributed by atoms with Gasteiger partial charge in [-0.05, 0) is 36.8 Å². The number of amides is 1. The van der Waals surface area contributed by atoms with Crippen molar-refractivity contribution in [2.75, 3.05) is 0 Å². The molecule has 2 aromatic rings. The summed E-state index contributed by atoms with van der Waals surface area (Å²) >= 11 is 6.14. The van der Waals surface area contributed by atoms with E-state index in [2.05, 4.69) is 10.3 Å². The van der Waals surface area contributed by atoms with Gasteiger partial charge in [-0.3, -0.25) is 9.78 Å². The van der Waals surface area contributed by atoms with Gasteiger partial charge in [0.15, 0.2) is 0 Å². The smallest absolute Gasteiger partial charge is 0.248 e. The largest absolute Gasteiger partial charge is 0.366 e. The van der Waals surface area contributed by atoms with Crippen LogP contribution in [0.5, 0.6) is 0 Å². The van der Waals surface area contributed by atoms with E-state index < -0.39 is 5.91 Å². The van der Waals surface area contributed by atoms with Gasteiger partial charge >= 0.3 is 0 Å². The van der Waals surface area contributed by atoms with Crippen LogP contribution in [0.15, 0.2) is 42.6 Å². The number of rotatable bonds is 5. The van der Waals surface area contributed by atoms with E-state index in [1.54, 1.807) is 24.4 Å². The van der Waals surface area contributed by atoms with Crippen molar-refractivity contribution >= 4 is 17.5 Å². The predicted octanol–water partition coefficient (Wildman–Crippen LogP) is 2.68. The summed E-state index contributed by atoms with van der Waals surface area (Å²) in [6.07, 6.45) is 1.77. The van der Waals surface area contributed by atoms with E-state index in [0.717, 1.165) is 11.3 Å². The SMILES string of the molecule is C[C@H](NCc1ccc(C(N)=O)cc1Cl)c1ccccn1. The quantitative estimate of drug-likeness (QED) is 0.889. The van der Waals surface area contributed by atoms with Crippen molar-refractivity contribution in [2.24, 2.45) is 5.73 Å². The van der Waals surface area contributed by atoms with Crippen LogP contribution < -0.4 is 11.1 Å². The topological polar surface area (TPSA) is 68.0 Å². The van der Waals surface area contributed by atoms with Crippen LogP contribution in [0.4, 0.5) is 0 Å². The summed E-state index contributed by atoms with van der Waals surface area (Å²) in [5, 5.41) is 3.87. The Morgan fingerprint density at radius 3 is 2.80 bits per heavy atom. The number of nitrogens with two attached hydrogens (primary N) is 1. The van der Waals surface area contributed by atoms with E-state index >= 15 is 0 Å². The number of hydrogen-bond acceptors (Lipinski definition) is 3. The molecule has 1 aromatic carbocycles. The number of primary amides is 1. The van der Waals surface area contributed by atoms with Crippen molar-refractivity contribution in [1.82, 2.24) is 10.3 Å². The molecular formula is C15H16ClN3O. The molecule has 0 fully saturated rings. The van der Waals surface area contributed by atoms with E-state index in [4.69, 9.17) is 17.3 Å². The number of halogens is 1. The highest BCUT2D eigenvalue weighted by atomic mass is 35.5. The highest BCUT2D eigenvalue weighted by Gasteiger charge is 2.09. The van der Waals surface area contributed by atoms with Crippen molar-refractivity contribution in [1.29, 1.82) is 0 Å². The fourth-order valence-electron chi connectivity index (χ4n) is 1.84. The maximum Gasteiger partial charge on any atom is 0.248 e. The van der Waals surface area contributed by atoms with Gasteiger partial charge in [0.1, 0.15) is 0 Å². The Kier molecular flexibility index (Phi) is 4.71. The maximum absolute atomic E-state index is 11.1. The van der Waals surface area contributed by atoms with Gasteiger partial charge < -0.3 is 11.1 Å². The van der Waals surface area contributed by atoms with Gasteiger partial charge in [0, 0.05) is 29.4 Å². The first-order chi connectivity index (χ1) is 9.58. The molecule has 20 heavy (non-hydrogen) atoms. The number of aromatic nitrogens is 1. The van der Waals surface area contributed by atoms with Gasteiger partial charge in [0.2, 0.25) is 5.91 Å². The number of hydrogen-bond donors (Lipinski definition) is 2. The Labute approximate surface area is 123 Å². The molecule has 0 aliphatic heterocycles. The molecule has 3 N–H and O–H groups in total. The van der Waals surface area contributed by atoms with Crippen LogP contribution in [-0.4, -0.2) is 10.9 Å². The van der Waals surface area contributed by atoms with Crippen molar-refractivity contribution in [2.45, 2.75) is 19.5 Å². The Morgan fingerprint density at radius 2 is 2.20 bits per heavy atom. The third-order valence-electron chi connectivity index (χ3n) is 3.07. The van der Waals surface area contributed by atoms with Gasteiger partial charge in [-0.25, -0.2) is 0 Å². The molecule has 4 nitrogen and oxygen atoms in total. The molecule has 0 bridgehead atoms. The molecule has 0 aliphatic rings. The zero-order chi connectivity index (χ0) is 14.5. The highest BCUT2D eigenvalue weighted by molar-refractivity contribution is 6.31. The summed E-state index contributed by atoms with van der Waals surface area (Å²) in [4.78, 5) is 15.3. The molecule has 0 saturated heterocycles. The van der Waals surface area contributed by atoms with Crippen LogP contribution in [0.25, 0.3) is 0 Å². The van der Waals surface area contributed by atoms with Gasteiger partial charge in [0.05, 0.1) is 5.69 Å². The zero-order valence-corrected chi connectivity index (χ0v) is 11.9. The van der Waals surface area contributed by atoms with Crippen LogP contribution in [0, 0.1) is 0 Å². The molecule has 0 unspecified atom stereocenters. The molecule has 1 amide bonds. The van der Waals surface area contributed by atoms with E-state index in [0.29, 0.717) is 17.1 Å². The van der Waals surface area contributed by atoms with Crippen LogP contribution in [0.3, 0.4) is 0 Å². The molecule has 1 aromatic heterocycles. The molecule has 0 saturated carbocycles. The Morgan fingerprint density at radius 1 is 1.40 bits per heavy atom. The molecule has 2 rings (SSSR count). The first-order valence-electron chi connectivity index (χ1n) is 6.30. The fraction of sp³-hybridized carbons (Fsp3) is 0.200. The number of pyridine rings is 1. The molecule has 5 heteroatoms. The predicted molar refractivity (Wildman–Crippen MR) is 79.5 cm³/mol. The lowest BCUT2D eigenvalue weighted by Crippen LogP contribution is -2.19. The molecule has 1 atom stereocenters. The molecule has 1 heterocycles. The minimum atomic E-state index is -0.478. The van der Waals surface area contributed by atoms with Crippen LogP contribution in [-0.2, 0) is 6.54 Å². The van der Waals surface area contributed by atoms with Crippen LogP contribution in [0.1, 0.15) is 34.6 Å². The first-order valence-corrected chi connectivity index (χ1v) is 6.68. The third-order valence-corrected chi connectivity index (χ3v) is 3.42. The monoisotopic (exact) mass is 289 g/mol. The third kappa shape index (κ3) is 3.56. The van der Waals surface area contributed by atoms with Gasteiger partial charge in [-0.2, -0.15) is 0 Å². The standard InChI is InChI=1S/C15H16ClN3O/c1-10(14-4-2-3-7-18-14)19-9-12-6-5-11(15(17)20)8-13(12)16/h2-8,10,19H,9H2,1H3,(H2,17,20)/t10-/m0/s1. The maximum atomic E-state index is 11.1. The Balaban J connectivity index is 2.02. The number of carbonyl (C=O) groups excluding carboxylic acids is 1. The normalized spacial score (nSPS) is 12.1. The summed E-state index contributed by atoms with van der Waals surface area (Å²) in [7, 11) is 0. The van der Waals surface area contributed by atoms with Crippen molar-refractivity contribution in [3.05, 3.63) is 64.4 Å². The average Bonchev–Trinajstić information content (AvgIpc) is 2.46. The van der Waals surface area contributed by atoms with E-state index in [1.165, 1.54) is 0 Å². The Bertz CT molecular complexity index is 601. The van der Waals surface area contributed by atoms with Crippen LogP contribution in [0.2, 0.25) is 5.02 Å². The highest BCUT2D eigenvalue weighted by Crippen LogP contribution is 2.19. The van der Waals surface area contributed by atoms with Gasteiger partial charge in [0.25, 0.3) is 0 Å². The fourth-order valence-corrected chi connectivity index (χ4v) is 2.09. The lowest BCUT2D eigenvalue weighted by Gasteiger charge is -2.14. The summed E-state index contributed by atoms with van der Waals surface area (Å²) < 4.78 is 0. The second-order valence-electron chi connectivity index (χ2n) is 4.53.